The molecule has 4 heteroatoms. The summed E-state index contributed by atoms with van der Waals surface area (Å²) < 4.78 is 6.28. The highest BCUT2D eigenvalue weighted by atomic mass is 16.5. The molecule has 2 aliphatic heterocycles. The number of carbonyl (C=O) groups is 1. The highest BCUT2D eigenvalue weighted by Gasteiger charge is 2.26. The first-order chi connectivity index (χ1) is 9.54. The average molecular weight is 282 g/mol. The lowest BCUT2D eigenvalue weighted by atomic mass is 10.0. The van der Waals surface area contributed by atoms with E-state index in [1.807, 2.05) is 0 Å². The zero-order chi connectivity index (χ0) is 14.5. The highest BCUT2D eigenvalue weighted by Crippen LogP contribution is 2.21. The second kappa shape index (κ2) is 7.53. The van der Waals surface area contributed by atoms with Crippen LogP contribution in [0.1, 0.15) is 46.5 Å². The van der Waals surface area contributed by atoms with Crippen molar-refractivity contribution < 1.29 is 9.53 Å². The van der Waals surface area contributed by atoms with Gasteiger partial charge in [0.2, 0.25) is 0 Å². The van der Waals surface area contributed by atoms with Crippen LogP contribution < -0.4 is 0 Å². The van der Waals surface area contributed by atoms with Crippen molar-refractivity contribution in [3.63, 3.8) is 0 Å². The van der Waals surface area contributed by atoms with Crippen LogP contribution >= 0.6 is 0 Å². The van der Waals surface area contributed by atoms with Crippen LogP contribution in [0.25, 0.3) is 0 Å². The van der Waals surface area contributed by atoms with Crippen LogP contribution in [-0.4, -0.2) is 66.6 Å². The van der Waals surface area contributed by atoms with Gasteiger partial charge in [0.05, 0.1) is 18.8 Å². The first-order valence-electron chi connectivity index (χ1n) is 8.16. The van der Waals surface area contributed by atoms with Gasteiger partial charge in [-0.3, -0.25) is 9.69 Å². The summed E-state index contributed by atoms with van der Waals surface area (Å²) in [6.07, 6.45) is 5.37. The lowest BCUT2D eigenvalue weighted by Crippen LogP contribution is -2.44. The van der Waals surface area contributed by atoms with Crippen LogP contribution in [0.3, 0.4) is 0 Å². The number of piperidine rings is 2. The Bertz CT molecular complexity index is 304. The van der Waals surface area contributed by atoms with Crippen molar-refractivity contribution in [2.24, 2.45) is 0 Å². The third-order valence-electron chi connectivity index (χ3n) is 4.57. The molecule has 2 aliphatic rings. The molecule has 2 fully saturated rings. The second-order valence-electron chi connectivity index (χ2n) is 6.64. The Morgan fingerprint density at radius 1 is 1.05 bits per heavy atom. The fourth-order valence-corrected chi connectivity index (χ4v) is 3.32. The lowest BCUT2D eigenvalue weighted by Gasteiger charge is -2.38. The van der Waals surface area contributed by atoms with Crippen molar-refractivity contribution >= 4 is 5.78 Å². The minimum Gasteiger partial charge on any atom is -0.375 e. The van der Waals surface area contributed by atoms with Crippen molar-refractivity contribution in [1.82, 2.24) is 9.80 Å². The maximum absolute atomic E-state index is 11.1. The van der Waals surface area contributed by atoms with E-state index >= 15 is 0 Å². The van der Waals surface area contributed by atoms with E-state index in [4.69, 9.17) is 4.74 Å². The molecule has 4 nitrogen and oxygen atoms in total. The summed E-state index contributed by atoms with van der Waals surface area (Å²) in [6, 6.07) is 0.658. The number of hydrogen-bond acceptors (Lipinski definition) is 4. The molecular formula is C16H30N2O2. The molecule has 0 aromatic carbocycles. The van der Waals surface area contributed by atoms with Gasteiger partial charge in [0, 0.05) is 32.2 Å². The summed E-state index contributed by atoms with van der Waals surface area (Å²) in [5.74, 6) is 0.269. The summed E-state index contributed by atoms with van der Waals surface area (Å²) >= 11 is 0. The zero-order valence-electron chi connectivity index (χ0n) is 13.3. The topological polar surface area (TPSA) is 32.8 Å². The van der Waals surface area contributed by atoms with Crippen molar-refractivity contribution in [3.05, 3.63) is 0 Å². The molecule has 0 N–H and O–H groups in total. The highest BCUT2D eigenvalue weighted by molar-refractivity contribution is 5.77. The first kappa shape index (κ1) is 15.9. The average Bonchev–Trinajstić information content (AvgIpc) is 2.41. The van der Waals surface area contributed by atoms with Crippen LogP contribution in [0.5, 0.6) is 0 Å². The zero-order valence-corrected chi connectivity index (χ0v) is 13.3. The largest absolute Gasteiger partial charge is 0.375 e. The summed E-state index contributed by atoms with van der Waals surface area (Å²) in [7, 11) is 0. The van der Waals surface area contributed by atoms with Gasteiger partial charge >= 0.3 is 0 Å². The van der Waals surface area contributed by atoms with Gasteiger partial charge < -0.3 is 9.64 Å². The van der Waals surface area contributed by atoms with E-state index < -0.39 is 0 Å². The summed E-state index contributed by atoms with van der Waals surface area (Å²) in [4.78, 5) is 15.9. The van der Waals surface area contributed by atoms with E-state index in [1.165, 1.54) is 25.9 Å². The van der Waals surface area contributed by atoms with E-state index in [9.17, 15) is 4.79 Å². The van der Waals surface area contributed by atoms with Gasteiger partial charge in [0.1, 0.15) is 5.78 Å². The molecule has 0 aromatic heterocycles. The molecule has 20 heavy (non-hydrogen) atoms. The molecule has 0 amide bonds. The molecule has 0 aromatic rings. The fourth-order valence-electron chi connectivity index (χ4n) is 3.32. The van der Waals surface area contributed by atoms with Crippen molar-refractivity contribution in [1.29, 1.82) is 0 Å². The maximum Gasteiger partial charge on any atom is 0.143 e. The number of likely N-dealkylation sites (tertiary alicyclic amines) is 2. The summed E-state index contributed by atoms with van der Waals surface area (Å²) in [5.41, 5.74) is 0. The number of rotatable bonds is 5. The predicted octanol–water partition coefficient (Wildman–Crippen LogP) is 1.93. The minimum atomic E-state index is 0.269. The Labute approximate surface area is 123 Å². The smallest absolute Gasteiger partial charge is 0.143 e. The number of Topliss-reactive ketones (excluding diaryl/α,β-unsaturated/α-hetero) is 1. The Morgan fingerprint density at radius 2 is 1.55 bits per heavy atom. The molecule has 0 atom stereocenters. The van der Waals surface area contributed by atoms with Gasteiger partial charge in [-0.25, -0.2) is 0 Å². The van der Waals surface area contributed by atoms with Crippen LogP contribution in [-0.2, 0) is 9.53 Å². The minimum absolute atomic E-state index is 0.269. The molecule has 0 aliphatic carbocycles. The van der Waals surface area contributed by atoms with Gasteiger partial charge in [-0.15, -0.1) is 0 Å². The predicted molar refractivity (Wildman–Crippen MR) is 81.0 cm³/mol. The third kappa shape index (κ3) is 4.83. The number of hydrogen-bond donors (Lipinski definition) is 0. The molecule has 2 saturated heterocycles. The van der Waals surface area contributed by atoms with Crippen LogP contribution in [0, 0.1) is 0 Å². The quantitative estimate of drug-likeness (QED) is 0.771. The molecule has 2 heterocycles. The molecule has 0 spiro atoms. The number of carbonyl (C=O) groups excluding carboxylic acids is 1. The molecule has 0 unspecified atom stereocenters. The SMILES string of the molecule is CC(=O)CN1CCC(OC2CCN(C(C)C)CC2)CC1. The second-order valence-corrected chi connectivity index (χ2v) is 6.64. The van der Waals surface area contributed by atoms with Gasteiger partial charge in [-0.05, 0) is 46.5 Å². The maximum atomic E-state index is 11.1. The lowest BCUT2D eigenvalue weighted by molar-refractivity contribution is -0.119. The van der Waals surface area contributed by atoms with Gasteiger partial charge in [-0.2, -0.15) is 0 Å². The van der Waals surface area contributed by atoms with Gasteiger partial charge in [-0.1, -0.05) is 0 Å². The Morgan fingerprint density at radius 3 is 2.00 bits per heavy atom. The Kier molecular flexibility index (Phi) is 6.00. The van der Waals surface area contributed by atoms with Crippen molar-refractivity contribution in [2.75, 3.05) is 32.7 Å². The fraction of sp³-hybridized carbons (Fsp3) is 0.938. The van der Waals surface area contributed by atoms with E-state index in [0.717, 1.165) is 25.9 Å². The molecule has 0 radical (unpaired) electrons. The van der Waals surface area contributed by atoms with Gasteiger partial charge in [0.25, 0.3) is 0 Å². The van der Waals surface area contributed by atoms with Crippen molar-refractivity contribution in [2.45, 2.75) is 64.7 Å². The van der Waals surface area contributed by atoms with Crippen LogP contribution in [0.2, 0.25) is 0 Å². The van der Waals surface area contributed by atoms with Crippen molar-refractivity contribution in [3.8, 4) is 0 Å². The van der Waals surface area contributed by atoms with Gasteiger partial charge in [0.15, 0.2) is 0 Å². The number of nitrogens with zero attached hydrogens (tertiary/aromatic N) is 2. The molecule has 116 valence electrons. The monoisotopic (exact) mass is 282 g/mol. The normalized spacial score (nSPS) is 24.4. The number of ketones is 1. The molecule has 2 rings (SSSR count). The molecular weight excluding hydrogens is 252 g/mol. The standard InChI is InChI=1S/C16H30N2O2/c1-13(2)18-10-6-16(7-11-18)20-15-4-8-17(9-5-15)12-14(3)19/h13,15-16H,4-12H2,1-3H3. The Balaban J connectivity index is 1.65. The van der Waals surface area contributed by atoms with Crippen LogP contribution in [0.15, 0.2) is 0 Å². The third-order valence-corrected chi connectivity index (χ3v) is 4.57. The number of ether oxygens (including phenoxy) is 1. The van der Waals surface area contributed by atoms with E-state index in [1.54, 1.807) is 6.92 Å². The summed E-state index contributed by atoms with van der Waals surface area (Å²) in [6.45, 7) is 11.2. The van der Waals surface area contributed by atoms with E-state index in [0.29, 0.717) is 24.8 Å². The molecule has 0 bridgehead atoms. The molecule has 0 saturated carbocycles. The van der Waals surface area contributed by atoms with Crippen LogP contribution in [0.4, 0.5) is 0 Å². The van der Waals surface area contributed by atoms with E-state index in [2.05, 4.69) is 23.6 Å². The first-order valence-corrected chi connectivity index (χ1v) is 8.16. The van der Waals surface area contributed by atoms with E-state index in [-0.39, 0.29) is 5.78 Å². The summed E-state index contributed by atoms with van der Waals surface area (Å²) in [5, 5.41) is 0. The Hall–Kier alpha value is -0.450.